The first-order valence-corrected chi connectivity index (χ1v) is 11.3. The Bertz CT molecular complexity index is 1250. The third-order valence-corrected chi connectivity index (χ3v) is 5.27. The van der Waals surface area contributed by atoms with E-state index in [2.05, 4.69) is 20.3 Å². The standard InChI is InChI=1S/C22H21Cl2F4N5O4/c1-20(2,3)37-19(35)32-18-33-21(4,8-13(36-18)22(26,27)28)16-12(25)5-6-14(30-16)31-17(34)15-11(24)7-10(23)9-29-15/h5-7,9,13H,8H2,1-4H3,(H,30,31,34)(H,32,33,35)/t13-,21-/m0/s1. The SMILES string of the molecule is CC(C)(C)OC(=O)NC1=N[C@](C)(c2nc(NC(=O)c3ncc(Cl)cc3Cl)ccc2F)C[C@@H](C(F)(F)F)O1. The van der Waals surface area contributed by atoms with Crippen molar-refractivity contribution in [3.8, 4) is 0 Å². The molecule has 2 aromatic heterocycles. The average molecular weight is 566 g/mol. The summed E-state index contributed by atoms with van der Waals surface area (Å²) < 4.78 is 65.7. The van der Waals surface area contributed by atoms with E-state index < -0.39 is 59.4 Å². The van der Waals surface area contributed by atoms with E-state index in [0.29, 0.717) is 0 Å². The number of hydrogen-bond donors (Lipinski definition) is 2. The maximum Gasteiger partial charge on any atom is 0.425 e. The Labute approximate surface area is 218 Å². The number of nitrogens with zero attached hydrogens (tertiary/aromatic N) is 3. The second-order valence-corrected chi connectivity index (χ2v) is 9.98. The van der Waals surface area contributed by atoms with E-state index >= 15 is 0 Å². The number of amides is 2. The van der Waals surface area contributed by atoms with E-state index in [1.807, 2.05) is 5.32 Å². The lowest BCUT2D eigenvalue weighted by Crippen LogP contribution is -2.49. The minimum absolute atomic E-state index is 0.0702. The van der Waals surface area contributed by atoms with Crippen LogP contribution in [0.1, 0.15) is 50.3 Å². The zero-order valence-corrected chi connectivity index (χ0v) is 21.3. The minimum atomic E-state index is -4.89. The fourth-order valence-corrected chi connectivity index (χ4v) is 3.73. The van der Waals surface area contributed by atoms with Crippen molar-refractivity contribution in [1.82, 2.24) is 15.3 Å². The van der Waals surface area contributed by atoms with E-state index in [-0.39, 0.29) is 21.6 Å². The molecule has 2 atom stereocenters. The number of anilines is 1. The number of aromatic nitrogens is 2. The van der Waals surface area contributed by atoms with Crippen molar-refractivity contribution >= 4 is 47.0 Å². The molecular weight excluding hydrogens is 545 g/mol. The van der Waals surface area contributed by atoms with Gasteiger partial charge in [0.15, 0.2) is 6.10 Å². The quantitative estimate of drug-likeness (QED) is 0.466. The number of carbonyl (C=O) groups is 2. The molecule has 1 aliphatic rings. The fourth-order valence-electron chi connectivity index (χ4n) is 3.26. The molecule has 0 saturated heterocycles. The summed E-state index contributed by atoms with van der Waals surface area (Å²) in [7, 11) is 0. The number of alkyl carbamates (subject to hydrolysis) is 1. The number of carbonyl (C=O) groups excluding carboxylic acids is 2. The van der Waals surface area contributed by atoms with Gasteiger partial charge in [0.2, 0.25) is 0 Å². The van der Waals surface area contributed by atoms with Gasteiger partial charge in [-0.3, -0.25) is 4.79 Å². The molecule has 15 heteroatoms. The normalized spacial score (nSPS) is 19.9. The van der Waals surface area contributed by atoms with Gasteiger partial charge in [-0.05, 0) is 45.9 Å². The van der Waals surface area contributed by atoms with Crippen LogP contribution in [0.5, 0.6) is 0 Å². The maximum atomic E-state index is 14.9. The smallest absolute Gasteiger partial charge is 0.425 e. The zero-order chi connectivity index (χ0) is 27.8. The molecule has 2 N–H and O–H groups in total. The minimum Gasteiger partial charge on any atom is -0.452 e. The number of alkyl halides is 3. The van der Waals surface area contributed by atoms with Crippen LogP contribution in [0.2, 0.25) is 10.0 Å². The van der Waals surface area contributed by atoms with Crippen LogP contribution < -0.4 is 10.6 Å². The van der Waals surface area contributed by atoms with E-state index in [0.717, 1.165) is 12.1 Å². The molecule has 0 unspecified atom stereocenters. The lowest BCUT2D eigenvalue weighted by atomic mass is 9.89. The van der Waals surface area contributed by atoms with E-state index in [1.54, 1.807) is 20.8 Å². The summed E-state index contributed by atoms with van der Waals surface area (Å²) in [6.45, 7) is 5.82. The van der Waals surface area contributed by atoms with Gasteiger partial charge in [-0.15, -0.1) is 0 Å². The Hall–Kier alpha value is -3.19. The number of rotatable bonds is 3. The molecule has 0 aliphatic carbocycles. The monoisotopic (exact) mass is 565 g/mol. The molecule has 200 valence electrons. The highest BCUT2D eigenvalue weighted by atomic mass is 35.5. The van der Waals surface area contributed by atoms with Crippen molar-refractivity contribution in [2.45, 2.75) is 57.5 Å². The highest BCUT2D eigenvalue weighted by molar-refractivity contribution is 6.36. The third kappa shape index (κ3) is 7.19. The summed E-state index contributed by atoms with van der Waals surface area (Å²) in [5.74, 6) is -2.05. The van der Waals surface area contributed by atoms with Gasteiger partial charge in [0.25, 0.3) is 11.9 Å². The van der Waals surface area contributed by atoms with Crippen molar-refractivity contribution in [3.05, 3.63) is 51.6 Å². The fraction of sp³-hybridized carbons (Fsp3) is 0.409. The van der Waals surface area contributed by atoms with Crippen LogP contribution >= 0.6 is 23.2 Å². The molecule has 3 heterocycles. The molecule has 0 fully saturated rings. The second-order valence-electron chi connectivity index (χ2n) is 9.13. The van der Waals surface area contributed by atoms with Crippen LogP contribution in [0.15, 0.2) is 29.4 Å². The lowest BCUT2D eigenvalue weighted by molar-refractivity contribution is -0.208. The summed E-state index contributed by atoms with van der Waals surface area (Å²) >= 11 is 11.7. The number of nitrogens with one attached hydrogen (secondary N) is 2. The average Bonchev–Trinajstić information content (AvgIpc) is 2.72. The lowest BCUT2D eigenvalue weighted by Gasteiger charge is -2.36. The number of amidine groups is 1. The Morgan fingerprint density at radius 1 is 1.19 bits per heavy atom. The van der Waals surface area contributed by atoms with Gasteiger partial charge in [-0.1, -0.05) is 23.2 Å². The van der Waals surface area contributed by atoms with Crippen LogP contribution in [0.3, 0.4) is 0 Å². The van der Waals surface area contributed by atoms with Crippen LogP contribution in [-0.2, 0) is 15.0 Å². The third-order valence-electron chi connectivity index (χ3n) is 4.78. The van der Waals surface area contributed by atoms with Crippen molar-refractivity contribution in [2.24, 2.45) is 4.99 Å². The molecule has 2 aromatic rings. The highest BCUT2D eigenvalue weighted by Gasteiger charge is 2.51. The molecule has 0 bridgehead atoms. The van der Waals surface area contributed by atoms with Gasteiger partial charge in [-0.2, -0.15) is 13.2 Å². The number of halogens is 6. The summed E-state index contributed by atoms with van der Waals surface area (Å²) in [5.41, 5.74) is -3.69. The van der Waals surface area contributed by atoms with Crippen molar-refractivity contribution in [3.63, 3.8) is 0 Å². The predicted octanol–water partition coefficient (Wildman–Crippen LogP) is 5.62. The van der Waals surface area contributed by atoms with Crippen LogP contribution in [0.4, 0.5) is 28.2 Å². The number of hydrogen-bond acceptors (Lipinski definition) is 7. The molecule has 0 saturated carbocycles. The van der Waals surface area contributed by atoms with E-state index in [1.165, 1.54) is 19.2 Å². The maximum absolute atomic E-state index is 14.9. The topological polar surface area (TPSA) is 115 Å². The molecule has 3 rings (SSSR count). The molecule has 9 nitrogen and oxygen atoms in total. The predicted molar refractivity (Wildman–Crippen MR) is 126 cm³/mol. The first-order chi connectivity index (χ1) is 17.0. The summed E-state index contributed by atoms with van der Waals surface area (Å²) in [6, 6.07) is 2.43. The first-order valence-electron chi connectivity index (χ1n) is 10.6. The summed E-state index contributed by atoms with van der Waals surface area (Å²) in [6.07, 6.45) is -8.17. The van der Waals surface area contributed by atoms with Gasteiger partial charge < -0.3 is 14.8 Å². The second kappa shape index (κ2) is 10.3. The molecule has 0 spiro atoms. The van der Waals surface area contributed by atoms with Gasteiger partial charge in [0.05, 0.1) is 10.0 Å². The van der Waals surface area contributed by atoms with E-state index in [9.17, 15) is 27.2 Å². The van der Waals surface area contributed by atoms with Crippen molar-refractivity contribution < 1.29 is 36.6 Å². The molecule has 1 aliphatic heterocycles. The number of ether oxygens (including phenoxy) is 2. The Kier molecular flexibility index (Phi) is 7.89. The van der Waals surface area contributed by atoms with Crippen LogP contribution in [-0.4, -0.2) is 45.9 Å². The Morgan fingerprint density at radius 2 is 1.86 bits per heavy atom. The molecule has 37 heavy (non-hydrogen) atoms. The van der Waals surface area contributed by atoms with Gasteiger partial charge >= 0.3 is 12.3 Å². The molecule has 0 aromatic carbocycles. The van der Waals surface area contributed by atoms with Crippen molar-refractivity contribution in [1.29, 1.82) is 0 Å². The largest absolute Gasteiger partial charge is 0.452 e. The van der Waals surface area contributed by atoms with Gasteiger partial charge in [0.1, 0.15) is 34.2 Å². The van der Waals surface area contributed by atoms with Crippen LogP contribution in [0, 0.1) is 5.82 Å². The first kappa shape index (κ1) is 28.4. The molecule has 0 radical (unpaired) electrons. The molecule has 2 amide bonds. The highest BCUT2D eigenvalue weighted by Crippen LogP contribution is 2.40. The van der Waals surface area contributed by atoms with Crippen molar-refractivity contribution in [2.75, 3.05) is 5.32 Å². The van der Waals surface area contributed by atoms with E-state index in [4.69, 9.17) is 32.7 Å². The van der Waals surface area contributed by atoms with Crippen LogP contribution in [0.25, 0.3) is 0 Å². The summed E-state index contributed by atoms with van der Waals surface area (Å²) in [4.78, 5) is 36.5. The van der Waals surface area contributed by atoms with Gasteiger partial charge in [0, 0.05) is 12.6 Å². The summed E-state index contributed by atoms with van der Waals surface area (Å²) in [5, 5.41) is 4.48. The Balaban J connectivity index is 1.96. The number of aliphatic imine (C=N–C) groups is 1. The Morgan fingerprint density at radius 3 is 2.46 bits per heavy atom. The number of pyridine rings is 2. The van der Waals surface area contributed by atoms with Gasteiger partial charge in [-0.25, -0.2) is 29.5 Å². The molecular formula is C22H21Cl2F4N5O4. The zero-order valence-electron chi connectivity index (χ0n) is 19.8.